The van der Waals surface area contributed by atoms with Crippen LogP contribution in [0.4, 0.5) is 0 Å². The molecular weight excluding hydrogens is 406 g/mol. The van der Waals surface area contributed by atoms with Crippen LogP contribution in [0.25, 0.3) is 10.9 Å². The number of benzene rings is 2. The van der Waals surface area contributed by atoms with Crippen molar-refractivity contribution in [2.75, 3.05) is 33.4 Å². The number of carbonyl (C=O) groups excluding carboxylic acids is 2. The summed E-state index contributed by atoms with van der Waals surface area (Å²) in [5.74, 6) is 0.593. The number of hydrogen-bond donors (Lipinski definition) is 1. The topological polar surface area (TPSA) is 72.8 Å². The van der Waals surface area contributed by atoms with Crippen LogP contribution in [-0.2, 0) is 16.1 Å². The molecule has 1 aliphatic heterocycles. The molecule has 1 aliphatic rings. The summed E-state index contributed by atoms with van der Waals surface area (Å²) in [6.45, 7) is 2.62. The Bertz CT molecular complexity index is 1060. The largest absolute Gasteiger partial charge is 0.483 e. The van der Waals surface area contributed by atoms with Crippen molar-refractivity contribution in [2.24, 2.45) is 0 Å². The molecule has 4 rings (SSSR count). The smallest absolute Gasteiger partial charge is 0.258 e. The van der Waals surface area contributed by atoms with Crippen LogP contribution >= 0.6 is 0 Å². The molecule has 0 spiro atoms. The molecule has 32 heavy (non-hydrogen) atoms. The van der Waals surface area contributed by atoms with Gasteiger partial charge in [-0.3, -0.25) is 9.59 Å². The number of piperidine rings is 1. The lowest BCUT2D eigenvalue weighted by molar-refractivity contribution is -0.124. The predicted octanol–water partition coefficient (Wildman–Crippen LogP) is 3.09. The zero-order valence-corrected chi connectivity index (χ0v) is 18.3. The first-order chi connectivity index (χ1) is 15.7. The summed E-state index contributed by atoms with van der Waals surface area (Å²) in [7, 11) is 1.68. The fourth-order valence-corrected chi connectivity index (χ4v) is 4.11. The molecule has 168 valence electrons. The second kappa shape index (κ2) is 10.3. The van der Waals surface area contributed by atoms with Gasteiger partial charge in [-0.1, -0.05) is 24.3 Å². The summed E-state index contributed by atoms with van der Waals surface area (Å²) in [6.07, 6.45) is 3.48. The number of ether oxygens (including phenoxy) is 2. The lowest BCUT2D eigenvalue weighted by atomic mass is 10.0. The van der Waals surface area contributed by atoms with E-state index in [1.165, 1.54) is 0 Å². The van der Waals surface area contributed by atoms with E-state index in [-0.39, 0.29) is 24.5 Å². The minimum atomic E-state index is -0.145. The van der Waals surface area contributed by atoms with Gasteiger partial charge in [0.15, 0.2) is 6.61 Å². The van der Waals surface area contributed by atoms with Crippen LogP contribution in [0.15, 0.2) is 60.8 Å². The number of nitrogens with zero attached hydrogens (tertiary/aromatic N) is 2. The zero-order chi connectivity index (χ0) is 22.3. The Hall–Kier alpha value is -3.32. The van der Waals surface area contributed by atoms with Gasteiger partial charge in [0.2, 0.25) is 0 Å². The van der Waals surface area contributed by atoms with Crippen molar-refractivity contribution in [3.05, 3.63) is 66.4 Å². The number of likely N-dealkylation sites (tertiary alicyclic amines) is 1. The van der Waals surface area contributed by atoms with E-state index in [0.717, 1.165) is 30.3 Å². The van der Waals surface area contributed by atoms with Gasteiger partial charge in [0.05, 0.1) is 12.1 Å². The normalized spacial score (nSPS) is 14.5. The van der Waals surface area contributed by atoms with E-state index in [1.807, 2.05) is 65.7 Å². The van der Waals surface area contributed by atoms with Crippen LogP contribution in [0.5, 0.6) is 5.75 Å². The van der Waals surface area contributed by atoms with Crippen LogP contribution in [0, 0.1) is 0 Å². The molecule has 0 radical (unpaired) electrons. The average molecular weight is 436 g/mol. The van der Waals surface area contributed by atoms with Crippen molar-refractivity contribution >= 4 is 22.7 Å². The van der Waals surface area contributed by atoms with Crippen molar-refractivity contribution in [3.63, 3.8) is 0 Å². The summed E-state index contributed by atoms with van der Waals surface area (Å²) in [5.41, 5.74) is 1.75. The molecule has 7 nitrogen and oxygen atoms in total. The Morgan fingerprint density at radius 3 is 2.56 bits per heavy atom. The SMILES string of the molecule is COCCn1ccc2c(OCC(=O)NC3CCN(C(=O)c4ccccc4)CC3)cccc21. The van der Waals surface area contributed by atoms with Gasteiger partial charge in [-0.05, 0) is 43.2 Å². The number of aromatic nitrogens is 1. The highest BCUT2D eigenvalue weighted by atomic mass is 16.5. The molecule has 0 atom stereocenters. The van der Waals surface area contributed by atoms with Gasteiger partial charge < -0.3 is 24.3 Å². The average Bonchev–Trinajstić information content (AvgIpc) is 3.25. The molecule has 3 aromatic rings. The number of carbonyl (C=O) groups is 2. The Balaban J connectivity index is 1.26. The van der Waals surface area contributed by atoms with Crippen LogP contribution in [0.2, 0.25) is 0 Å². The third-order valence-electron chi connectivity index (χ3n) is 5.84. The Kier molecular flexibility index (Phi) is 7.07. The predicted molar refractivity (Wildman–Crippen MR) is 123 cm³/mol. The van der Waals surface area contributed by atoms with E-state index in [0.29, 0.717) is 31.0 Å². The van der Waals surface area contributed by atoms with Gasteiger partial charge in [0.1, 0.15) is 5.75 Å². The maximum absolute atomic E-state index is 12.6. The van der Waals surface area contributed by atoms with Crippen LogP contribution < -0.4 is 10.1 Å². The number of fused-ring (bicyclic) bond motifs is 1. The highest BCUT2D eigenvalue weighted by Crippen LogP contribution is 2.26. The second-order valence-corrected chi connectivity index (χ2v) is 7.98. The van der Waals surface area contributed by atoms with Crippen molar-refractivity contribution in [1.82, 2.24) is 14.8 Å². The Morgan fingerprint density at radius 2 is 1.81 bits per heavy atom. The molecule has 2 heterocycles. The van der Waals surface area contributed by atoms with Crippen LogP contribution in [0.3, 0.4) is 0 Å². The third-order valence-corrected chi connectivity index (χ3v) is 5.84. The number of hydrogen-bond acceptors (Lipinski definition) is 4. The molecule has 0 bridgehead atoms. The molecule has 1 N–H and O–H groups in total. The molecule has 1 aromatic heterocycles. The van der Waals surface area contributed by atoms with Crippen molar-refractivity contribution in [3.8, 4) is 5.75 Å². The first-order valence-electron chi connectivity index (χ1n) is 11.0. The zero-order valence-electron chi connectivity index (χ0n) is 18.3. The van der Waals surface area contributed by atoms with Crippen molar-refractivity contribution in [1.29, 1.82) is 0 Å². The minimum Gasteiger partial charge on any atom is -0.483 e. The van der Waals surface area contributed by atoms with E-state index in [9.17, 15) is 9.59 Å². The lowest BCUT2D eigenvalue weighted by Crippen LogP contribution is -2.47. The van der Waals surface area contributed by atoms with Crippen LogP contribution in [0.1, 0.15) is 23.2 Å². The summed E-state index contributed by atoms with van der Waals surface area (Å²) < 4.78 is 13.1. The van der Waals surface area contributed by atoms with Gasteiger partial charge in [-0.2, -0.15) is 0 Å². The van der Waals surface area contributed by atoms with E-state index in [1.54, 1.807) is 7.11 Å². The maximum atomic E-state index is 12.6. The summed E-state index contributed by atoms with van der Waals surface area (Å²) >= 11 is 0. The van der Waals surface area contributed by atoms with Gasteiger partial charge >= 0.3 is 0 Å². The number of nitrogens with one attached hydrogen (secondary N) is 1. The number of rotatable bonds is 8. The van der Waals surface area contributed by atoms with Crippen LogP contribution in [-0.4, -0.2) is 60.7 Å². The molecule has 1 saturated heterocycles. The van der Waals surface area contributed by atoms with Gasteiger partial charge in [0, 0.05) is 49.9 Å². The number of amides is 2. The molecule has 2 aromatic carbocycles. The summed E-state index contributed by atoms with van der Waals surface area (Å²) in [5, 5.41) is 4.02. The highest BCUT2D eigenvalue weighted by Gasteiger charge is 2.24. The van der Waals surface area contributed by atoms with Crippen molar-refractivity contribution in [2.45, 2.75) is 25.4 Å². The standard InChI is InChI=1S/C25H29N3O4/c1-31-17-16-27-15-12-21-22(27)8-5-9-23(21)32-18-24(29)26-20-10-13-28(14-11-20)25(30)19-6-3-2-4-7-19/h2-9,12,15,20H,10-11,13-14,16-18H2,1H3,(H,26,29). The molecule has 0 unspecified atom stereocenters. The maximum Gasteiger partial charge on any atom is 0.258 e. The Labute approximate surface area is 187 Å². The molecule has 1 fully saturated rings. The molecule has 0 saturated carbocycles. The number of methoxy groups -OCH3 is 1. The monoisotopic (exact) mass is 435 g/mol. The molecule has 7 heteroatoms. The fraction of sp³-hybridized carbons (Fsp3) is 0.360. The Morgan fingerprint density at radius 1 is 1.03 bits per heavy atom. The van der Waals surface area contributed by atoms with E-state index >= 15 is 0 Å². The first-order valence-corrected chi connectivity index (χ1v) is 11.0. The summed E-state index contributed by atoms with van der Waals surface area (Å²) in [6, 6.07) is 17.2. The highest BCUT2D eigenvalue weighted by molar-refractivity contribution is 5.94. The first kappa shape index (κ1) is 21.9. The van der Waals surface area contributed by atoms with E-state index < -0.39 is 0 Å². The fourth-order valence-electron chi connectivity index (χ4n) is 4.11. The van der Waals surface area contributed by atoms with Gasteiger partial charge in [-0.25, -0.2) is 0 Å². The molecule has 0 aliphatic carbocycles. The quantitative estimate of drug-likeness (QED) is 0.590. The minimum absolute atomic E-state index is 0.0362. The summed E-state index contributed by atoms with van der Waals surface area (Å²) in [4.78, 5) is 26.9. The third kappa shape index (κ3) is 5.11. The van der Waals surface area contributed by atoms with Crippen molar-refractivity contribution < 1.29 is 19.1 Å². The lowest BCUT2D eigenvalue weighted by Gasteiger charge is -2.32. The molecule has 2 amide bonds. The van der Waals surface area contributed by atoms with Gasteiger partial charge in [-0.15, -0.1) is 0 Å². The van der Waals surface area contributed by atoms with E-state index in [4.69, 9.17) is 9.47 Å². The van der Waals surface area contributed by atoms with Gasteiger partial charge in [0.25, 0.3) is 11.8 Å². The molecular formula is C25H29N3O4. The second-order valence-electron chi connectivity index (χ2n) is 7.98. The van der Waals surface area contributed by atoms with E-state index in [2.05, 4.69) is 9.88 Å².